The van der Waals surface area contributed by atoms with Crippen molar-refractivity contribution in [1.29, 1.82) is 0 Å². The molecule has 0 unspecified atom stereocenters. The molecule has 0 amide bonds. The number of methoxy groups -OCH3 is 2. The van der Waals surface area contributed by atoms with Crippen molar-refractivity contribution in [3.8, 4) is 5.75 Å². The normalized spacial score (nSPS) is 10.3. The van der Waals surface area contributed by atoms with Crippen molar-refractivity contribution in [2.75, 3.05) is 34.0 Å². The lowest BCUT2D eigenvalue weighted by Gasteiger charge is -2.14. The van der Waals surface area contributed by atoms with E-state index >= 15 is 0 Å². The first-order valence-electron chi connectivity index (χ1n) is 6.16. The molecule has 1 aromatic rings. The van der Waals surface area contributed by atoms with Crippen LogP contribution in [0.1, 0.15) is 11.1 Å². The van der Waals surface area contributed by atoms with Gasteiger partial charge >= 0.3 is 5.97 Å². The minimum absolute atomic E-state index is 0.0770. The van der Waals surface area contributed by atoms with Gasteiger partial charge in [-0.15, -0.1) is 0 Å². The van der Waals surface area contributed by atoms with Gasteiger partial charge in [0.2, 0.25) is 0 Å². The SMILES string of the molecule is COCCNCc1cccc(C)c1OCC(=O)OC. The van der Waals surface area contributed by atoms with E-state index in [1.54, 1.807) is 7.11 Å². The zero-order chi connectivity index (χ0) is 14.1. The first-order valence-corrected chi connectivity index (χ1v) is 6.16. The summed E-state index contributed by atoms with van der Waals surface area (Å²) in [5.74, 6) is 0.347. The van der Waals surface area contributed by atoms with E-state index in [0.29, 0.717) is 13.2 Å². The molecule has 0 fully saturated rings. The van der Waals surface area contributed by atoms with E-state index < -0.39 is 0 Å². The Bertz CT molecular complexity index is 406. The molecule has 0 radical (unpaired) electrons. The quantitative estimate of drug-likeness (QED) is 0.568. The zero-order valence-corrected chi connectivity index (χ0v) is 11.7. The molecule has 0 aliphatic rings. The second-order valence-electron chi connectivity index (χ2n) is 4.10. The largest absolute Gasteiger partial charge is 0.481 e. The molecule has 1 rings (SSSR count). The maximum atomic E-state index is 11.1. The molecule has 0 aromatic heterocycles. The molecule has 106 valence electrons. The third-order valence-electron chi connectivity index (χ3n) is 2.65. The molecule has 0 atom stereocenters. The molecule has 0 saturated heterocycles. The van der Waals surface area contributed by atoms with Gasteiger partial charge in [-0.3, -0.25) is 0 Å². The van der Waals surface area contributed by atoms with Gasteiger partial charge in [0.25, 0.3) is 0 Å². The molecular weight excluding hydrogens is 246 g/mol. The fourth-order valence-corrected chi connectivity index (χ4v) is 1.65. The molecule has 19 heavy (non-hydrogen) atoms. The van der Waals surface area contributed by atoms with Crippen molar-refractivity contribution in [2.24, 2.45) is 0 Å². The van der Waals surface area contributed by atoms with E-state index in [1.807, 2.05) is 25.1 Å². The van der Waals surface area contributed by atoms with Crippen LogP contribution in [0.2, 0.25) is 0 Å². The van der Waals surface area contributed by atoms with E-state index in [0.717, 1.165) is 23.4 Å². The standard InChI is InChI=1S/C14H21NO4/c1-11-5-4-6-12(9-15-7-8-17-2)14(11)19-10-13(16)18-3/h4-6,15H,7-10H2,1-3H3. The predicted octanol–water partition coefficient (Wildman–Crippen LogP) is 1.28. The van der Waals surface area contributed by atoms with Crippen molar-refractivity contribution < 1.29 is 19.0 Å². The number of ether oxygens (including phenoxy) is 3. The monoisotopic (exact) mass is 267 g/mol. The van der Waals surface area contributed by atoms with Crippen LogP contribution in [-0.2, 0) is 20.8 Å². The van der Waals surface area contributed by atoms with Crippen molar-refractivity contribution in [1.82, 2.24) is 5.32 Å². The van der Waals surface area contributed by atoms with Crippen LogP contribution < -0.4 is 10.1 Å². The molecule has 0 bridgehead atoms. The fourth-order valence-electron chi connectivity index (χ4n) is 1.65. The van der Waals surface area contributed by atoms with Gasteiger partial charge in [0.1, 0.15) is 5.75 Å². The summed E-state index contributed by atoms with van der Waals surface area (Å²) >= 11 is 0. The number of esters is 1. The zero-order valence-electron chi connectivity index (χ0n) is 11.7. The average molecular weight is 267 g/mol. The second-order valence-corrected chi connectivity index (χ2v) is 4.10. The third kappa shape index (κ3) is 5.28. The molecular formula is C14H21NO4. The van der Waals surface area contributed by atoms with E-state index in [9.17, 15) is 4.79 Å². The number of carbonyl (C=O) groups is 1. The Morgan fingerprint density at radius 1 is 1.32 bits per heavy atom. The van der Waals surface area contributed by atoms with Crippen molar-refractivity contribution in [3.63, 3.8) is 0 Å². The van der Waals surface area contributed by atoms with E-state index in [-0.39, 0.29) is 12.6 Å². The highest BCUT2D eigenvalue weighted by Crippen LogP contribution is 2.23. The highest BCUT2D eigenvalue weighted by molar-refractivity contribution is 5.71. The van der Waals surface area contributed by atoms with Gasteiger partial charge in [-0.25, -0.2) is 4.79 Å². The molecule has 5 heteroatoms. The highest BCUT2D eigenvalue weighted by Gasteiger charge is 2.09. The number of benzene rings is 1. The van der Waals surface area contributed by atoms with Crippen LogP contribution in [-0.4, -0.2) is 39.9 Å². The third-order valence-corrected chi connectivity index (χ3v) is 2.65. The number of hydrogen-bond acceptors (Lipinski definition) is 5. The lowest BCUT2D eigenvalue weighted by atomic mass is 10.1. The van der Waals surface area contributed by atoms with Crippen LogP contribution in [0.25, 0.3) is 0 Å². The summed E-state index contributed by atoms with van der Waals surface area (Å²) in [4.78, 5) is 11.1. The lowest BCUT2D eigenvalue weighted by molar-refractivity contribution is -0.142. The van der Waals surface area contributed by atoms with Crippen LogP contribution in [0.5, 0.6) is 5.75 Å². The maximum absolute atomic E-state index is 11.1. The minimum Gasteiger partial charge on any atom is -0.481 e. The second kappa shape index (κ2) is 8.50. The van der Waals surface area contributed by atoms with Crippen LogP contribution >= 0.6 is 0 Å². The van der Waals surface area contributed by atoms with Crippen molar-refractivity contribution >= 4 is 5.97 Å². The Labute approximate surface area is 113 Å². The van der Waals surface area contributed by atoms with Gasteiger partial charge in [-0.1, -0.05) is 18.2 Å². The summed E-state index contributed by atoms with van der Waals surface area (Å²) in [5, 5.41) is 3.25. The van der Waals surface area contributed by atoms with E-state index in [2.05, 4.69) is 10.1 Å². The predicted molar refractivity (Wildman–Crippen MR) is 72.3 cm³/mol. The summed E-state index contributed by atoms with van der Waals surface area (Å²) in [7, 11) is 3.01. The highest BCUT2D eigenvalue weighted by atomic mass is 16.6. The molecule has 0 aliphatic carbocycles. The smallest absolute Gasteiger partial charge is 0.343 e. The number of para-hydroxylation sites is 1. The van der Waals surface area contributed by atoms with Crippen LogP contribution in [0.3, 0.4) is 0 Å². The number of nitrogens with one attached hydrogen (secondary N) is 1. The first-order chi connectivity index (χ1) is 9.19. The first kappa shape index (κ1) is 15.5. The number of rotatable bonds is 8. The summed E-state index contributed by atoms with van der Waals surface area (Å²) in [6, 6.07) is 5.89. The topological polar surface area (TPSA) is 56.8 Å². The Morgan fingerprint density at radius 3 is 2.79 bits per heavy atom. The minimum atomic E-state index is -0.387. The summed E-state index contributed by atoms with van der Waals surface area (Å²) in [6.45, 7) is 3.96. The van der Waals surface area contributed by atoms with Crippen molar-refractivity contribution in [3.05, 3.63) is 29.3 Å². The molecule has 5 nitrogen and oxygen atoms in total. The van der Waals surface area contributed by atoms with Gasteiger partial charge < -0.3 is 19.5 Å². The maximum Gasteiger partial charge on any atom is 0.343 e. The van der Waals surface area contributed by atoms with Gasteiger partial charge in [-0.2, -0.15) is 0 Å². The number of hydrogen-bond donors (Lipinski definition) is 1. The Kier molecular flexibility index (Phi) is 6.92. The molecule has 0 spiro atoms. The van der Waals surface area contributed by atoms with Crippen LogP contribution in [0, 0.1) is 6.92 Å². The average Bonchev–Trinajstić information content (AvgIpc) is 2.42. The van der Waals surface area contributed by atoms with E-state index in [4.69, 9.17) is 9.47 Å². The van der Waals surface area contributed by atoms with Crippen molar-refractivity contribution in [2.45, 2.75) is 13.5 Å². The summed E-state index contributed by atoms with van der Waals surface area (Å²) in [5.41, 5.74) is 2.01. The Morgan fingerprint density at radius 2 is 2.11 bits per heavy atom. The molecule has 0 saturated carbocycles. The van der Waals surface area contributed by atoms with Gasteiger partial charge in [0.15, 0.2) is 6.61 Å². The van der Waals surface area contributed by atoms with Crippen LogP contribution in [0.4, 0.5) is 0 Å². The Balaban J connectivity index is 2.63. The van der Waals surface area contributed by atoms with Crippen LogP contribution in [0.15, 0.2) is 18.2 Å². The van der Waals surface area contributed by atoms with Gasteiger partial charge in [0, 0.05) is 25.8 Å². The molecule has 0 aliphatic heterocycles. The summed E-state index contributed by atoms with van der Waals surface area (Å²) in [6.07, 6.45) is 0. The van der Waals surface area contributed by atoms with Gasteiger partial charge in [0.05, 0.1) is 13.7 Å². The van der Waals surface area contributed by atoms with Gasteiger partial charge in [-0.05, 0) is 12.5 Å². The molecule has 0 heterocycles. The fraction of sp³-hybridized carbons (Fsp3) is 0.500. The molecule has 1 N–H and O–H groups in total. The Hall–Kier alpha value is -1.59. The number of aryl methyl sites for hydroxylation is 1. The number of carbonyl (C=O) groups excluding carboxylic acids is 1. The van der Waals surface area contributed by atoms with E-state index in [1.165, 1.54) is 7.11 Å². The lowest BCUT2D eigenvalue weighted by Crippen LogP contribution is -2.20. The molecule has 1 aromatic carbocycles. The summed E-state index contributed by atoms with van der Waals surface area (Å²) < 4.78 is 15.1.